The van der Waals surface area contributed by atoms with E-state index in [0.717, 1.165) is 6.61 Å². The molecule has 0 spiro atoms. The molecule has 1 N–H and O–H groups in total. The van der Waals surface area contributed by atoms with Crippen molar-refractivity contribution in [1.82, 2.24) is 5.32 Å². The zero-order valence-electron chi connectivity index (χ0n) is 10.1. The third-order valence-corrected chi connectivity index (χ3v) is 3.60. The van der Waals surface area contributed by atoms with Gasteiger partial charge in [-0.3, -0.25) is 0 Å². The highest BCUT2D eigenvalue weighted by Crippen LogP contribution is 2.47. The molecular weight excluding hydrogens is 174 g/mol. The summed E-state index contributed by atoms with van der Waals surface area (Å²) >= 11 is 0. The lowest BCUT2D eigenvalue weighted by Gasteiger charge is -2.24. The van der Waals surface area contributed by atoms with Crippen molar-refractivity contribution >= 4 is 0 Å². The largest absolute Gasteiger partial charge is 0.383 e. The molecule has 0 heterocycles. The number of nitrogens with one attached hydrogen (secondary N) is 1. The number of hydrogen-bond donors (Lipinski definition) is 1. The molecule has 1 unspecified atom stereocenters. The first-order valence-corrected chi connectivity index (χ1v) is 5.86. The summed E-state index contributed by atoms with van der Waals surface area (Å²) in [4.78, 5) is 0. The lowest BCUT2D eigenvalue weighted by molar-refractivity contribution is 0.143. The van der Waals surface area contributed by atoms with Gasteiger partial charge >= 0.3 is 0 Å². The van der Waals surface area contributed by atoms with Crippen LogP contribution in [-0.4, -0.2) is 26.3 Å². The quantitative estimate of drug-likeness (QED) is 0.680. The van der Waals surface area contributed by atoms with E-state index in [-0.39, 0.29) is 0 Å². The Labute approximate surface area is 88.4 Å². The average Bonchev–Trinajstić information content (AvgIpc) is 2.92. The minimum Gasteiger partial charge on any atom is -0.383 e. The number of ether oxygens (including phenoxy) is 1. The van der Waals surface area contributed by atoms with E-state index in [1.807, 2.05) is 0 Å². The van der Waals surface area contributed by atoms with E-state index >= 15 is 0 Å². The van der Waals surface area contributed by atoms with E-state index in [2.05, 4.69) is 26.1 Å². The predicted molar refractivity (Wildman–Crippen MR) is 60.5 cm³/mol. The summed E-state index contributed by atoms with van der Waals surface area (Å²) in [7, 11) is 1.78. The molecule has 1 fully saturated rings. The monoisotopic (exact) mass is 199 g/mol. The van der Waals surface area contributed by atoms with Crippen LogP contribution in [0.25, 0.3) is 0 Å². The van der Waals surface area contributed by atoms with Crippen LogP contribution in [0.2, 0.25) is 0 Å². The van der Waals surface area contributed by atoms with Gasteiger partial charge < -0.3 is 10.1 Å². The Morgan fingerprint density at radius 1 is 1.36 bits per heavy atom. The highest BCUT2D eigenvalue weighted by molar-refractivity contribution is 4.94. The van der Waals surface area contributed by atoms with Crippen LogP contribution in [0, 0.1) is 11.3 Å². The normalized spacial score (nSPS) is 21.2. The van der Waals surface area contributed by atoms with Crippen LogP contribution in [0.5, 0.6) is 0 Å². The summed E-state index contributed by atoms with van der Waals surface area (Å²) in [6.45, 7) is 8.81. The van der Waals surface area contributed by atoms with Crippen molar-refractivity contribution in [3.8, 4) is 0 Å². The number of hydrogen-bond acceptors (Lipinski definition) is 2. The predicted octanol–water partition coefficient (Wildman–Crippen LogP) is 2.44. The smallest absolute Gasteiger partial charge is 0.0618 e. The molecule has 1 aliphatic carbocycles. The summed E-state index contributed by atoms with van der Waals surface area (Å²) < 4.78 is 5.22. The van der Waals surface area contributed by atoms with Crippen LogP contribution >= 0.6 is 0 Å². The Kier molecular flexibility index (Phi) is 4.39. The maximum absolute atomic E-state index is 5.22. The molecule has 0 saturated heterocycles. The number of rotatable bonds is 7. The van der Waals surface area contributed by atoms with E-state index < -0.39 is 0 Å². The Morgan fingerprint density at radius 2 is 2.00 bits per heavy atom. The van der Waals surface area contributed by atoms with Crippen LogP contribution in [0.3, 0.4) is 0 Å². The van der Waals surface area contributed by atoms with Gasteiger partial charge in [0.25, 0.3) is 0 Å². The second-order valence-electron chi connectivity index (χ2n) is 5.04. The Hall–Kier alpha value is -0.0800. The fraction of sp³-hybridized carbons (Fsp3) is 1.00. The number of methoxy groups -OCH3 is 1. The molecule has 0 aliphatic heterocycles. The third-order valence-electron chi connectivity index (χ3n) is 3.60. The fourth-order valence-electron chi connectivity index (χ4n) is 1.85. The van der Waals surface area contributed by atoms with Gasteiger partial charge in [0.15, 0.2) is 0 Å². The van der Waals surface area contributed by atoms with Gasteiger partial charge in [0.2, 0.25) is 0 Å². The maximum atomic E-state index is 5.22. The zero-order chi connectivity index (χ0) is 10.6. The molecule has 84 valence electrons. The summed E-state index contributed by atoms with van der Waals surface area (Å²) in [6.07, 6.45) is 4.14. The van der Waals surface area contributed by atoms with Crippen LogP contribution in [-0.2, 0) is 4.74 Å². The topological polar surface area (TPSA) is 21.3 Å². The van der Waals surface area contributed by atoms with Crippen molar-refractivity contribution in [3.05, 3.63) is 0 Å². The summed E-state index contributed by atoms with van der Waals surface area (Å²) in [6, 6.07) is 0.518. The second-order valence-corrected chi connectivity index (χ2v) is 5.04. The van der Waals surface area contributed by atoms with Crippen LogP contribution < -0.4 is 5.32 Å². The van der Waals surface area contributed by atoms with Crippen molar-refractivity contribution in [3.63, 3.8) is 0 Å². The van der Waals surface area contributed by atoms with E-state index in [0.29, 0.717) is 17.4 Å². The van der Waals surface area contributed by atoms with Crippen molar-refractivity contribution in [2.75, 3.05) is 20.3 Å². The van der Waals surface area contributed by atoms with Gasteiger partial charge in [-0.2, -0.15) is 0 Å². The standard InChI is InChI=1S/C12H25NO/c1-5-12(6-7-12)9-13-11(8-14-4)10(2)3/h10-11,13H,5-9H2,1-4H3. The van der Waals surface area contributed by atoms with E-state index in [4.69, 9.17) is 4.74 Å². The first kappa shape index (κ1) is 12.0. The average molecular weight is 199 g/mol. The molecule has 0 bridgehead atoms. The van der Waals surface area contributed by atoms with Gasteiger partial charge in [-0.05, 0) is 30.6 Å². The molecule has 0 aromatic rings. The van der Waals surface area contributed by atoms with Crippen molar-refractivity contribution in [1.29, 1.82) is 0 Å². The first-order chi connectivity index (χ1) is 6.63. The van der Waals surface area contributed by atoms with Gasteiger partial charge in [0.05, 0.1) is 6.61 Å². The highest BCUT2D eigenvalue weighted by Gasteiger charge is 2.40. The molecule has 2 nitrogen and oxygen atoms in total. The molecule has 0 radical (unpaired) electrons. The minimum atomic E-state index is 0.518. The molecule has 1 saturated carbocycles. The molecule has 1 atom stereocenters. The molecule has 0 aromatic carbocycles. The Balaban J connectivity index is 2.26. The van der Waals surface area contributed by atoms with Crippen molar-refractivity contribution in [2.24, 2.45) is 11.3 Å². The zero-order valence-corrected chi connectivity index (χ0v) is 10.1. The molecule has 14 heavy (non-hydrogen) atoms. The Morgan fingerprint density at radius 3 is 2.36 bits per heavy atom. The molecule has 0 aromatic heterocycles. The molecule has 0 amide bonds. The lowest BCUT2D eigenvalue weighted by Crippen LogP contribution is -2.40. The third kappa shape index (κ3) is 3.25. The van der Waals surface area contributed by atoms with Crippen LogP contribution in [0.15, 0.2) is 0 Å². The lowest BCUT2D eigenvalue weighted by atomic mass is 10.0. The molecule has 2 heteroatoms. The SMILES string of the molecule is CCC1(CNC(COC)C(C)C)CC1. The summed E-state index contributed by atoms with van der Waals surface area (Å²) in [5, 5.41) is 3.65. The van der Waals surface area contributed by atoms with E-state index in [1.54, 1.807) is 7.11 Å². The van der Waals surface area contributed by atoms with Crippen LogP contribution in [0.1, 0.15) is 40.0 Å². The van der Waals surface area contributed by atoms with E-state index in [1.165, 1.54) is 25.8 Å². The van der Waals surface area contributed by atoms with Gasteiger partial charge in [0.1, 0.15) is 0 Å². The second kappa shape index (κ2) is 5.13. The molecule has 1 aliphatic rings. The molecular formula is C12H25NO. The first-order valence-electron chi connectivity index (χ1n) is 5.86. The summed E-state index contributed by atoms with van der Waals surface area (Å²) in [5.74, 6) is 0.655. The maximum Gasteiger partial charge on any atom is 0.0618 e. The Bertz CT molecular complexity index is 164. The fourth-order valence-corrected chi connectivity index (χ4v) is 1.85. The summed E-state index contributed by atoms with van der Waals surface area (Å²) in [5.41, 5.74) is 0.640. The minimum absolute atomic E-state index is 0.518. The van der Waals surface area contributed by atoms with Crippen LogP contribution in [0.4, 0.5) is 0 Å². The molecule has 1 rings (SSSR count). The van der Waals surface area contributed by atoms with Crippen molar-refractivity contribution in [2.45, 2.75) is 46.1 Å². The highest BCUT2D eigenvalue weighted by atomic mass is 16.5. The van der Waals surface area contributed by atoms with E-state index in [9.17, 15) is 0 Å². The van der Waals surface area contributed by atoms with Gasteiger partial charge in [-0.25, -0.2) is 0 Å². The van der Waals surface area contributed by atoms with Gasteiger partial charge in [0, 0.05) is 19.7 Å². The van der Waals surface area contributed by atoms with Gasteiger partial charge in [-0.15, -0.1) is 0 Å². The van der Waals surface area contributed by atoms with Crippen molar-refractivity contribution < 1.29 is 4.74 Å². The van der Waals surface area contributed by atoms with Gasteiger partial charge in [-0.1, -0.05) is 20.8 Å².